The van der Waals surface area contributed by atoms with Crippen LogP contribution in [-0.4, -0.2) is 34.4 Å². The molecule has 0 radical (unpaired) electrons. The maximum absolute atomic E-state index is 14.1. The molecule has 0 spiro atoms. The number of nitrogens with zero attached hydrogens (tertiary/aromatic N) is 4. The van der Waals surface area contributed by atoms with Crippen molar-refractivity contribution in [3.8, 4) is 0 Å². The predicted octanol–water partition coefficient (Wildman–Crippen LogP) is 4.20. The fourth-order valence-corrected chi connectivity index (χ4v) is 5.98. The Labute approximate surface area is 187 Å². The van der Waals surface area contributed by atoms with Crippen molar-refractivity contribution in [3.63, 3.8) is 0 Å². The second-order valence-corrected chi connectivity index (χ2v) is 9.30. The molecule has 32 heavy (non-hydrogen) atoms. The summed E-state index contributed by atoms with van der Waals surface area (Å²) in [5.41, 5.74) is 2.03. The summed E-state index contributed by atoms with van der Waals surface area (Å²) in [7, 11) is -4.13. The van der Waals surface area contributed by atoms with Crippen LogP contribution in [0.25, 0.3) is 17.2 Å². The molecule has 0 saturated heterocycles. The molecular formula is C21H16ClFN6O2S. The van der Waals surface area contributed by atoms with Crippen molar-refractivity contribution >= 4 is 50.4 Å². The molecule has 8 nitrogen and oxygen atoms in total. The van der Waals surface area contributed by atoms with E-state index < -0.39 is 21.9 Å². The number of imidazole rings is 1. The zero-order valence-electron chi connectivity index (χ0n) is 16.6. The Morgan fingerprint density at radius 2 is 1.97 bits per heavy atom. The SMILES string of the molecule is C[C@H](Nc1ncnc2nc[nH]c12)C1=Cc2cccc(Cl)c2S(=O)(=O)N1c1cccc(F)c1. The van der Waals surface area contributed by atoms with Gasteiger partial charge in [0.25, 0.3) is 10.0 Å². The number of hydrogen-bond acceptors (Lipinski definition) is 6. The Balaban J connectivity index is 1.67. The van der Waals surface area contributed by atoms with Crippen molar-refractivity contribution in [2.75, 3.05) is 9.62 Å². The van der Waals surface area contributed by atoms with Gasteiger partial charge in [0.15, 0.2) is 11.5 Å². The van der Waals surface area contributed by atoms with Crippen LogP contribution >= 0.6 is 11.6 Å². The first kappa shape index (κ1) is 20.4. The molecule has 11 heteroatoms. The Kier molecular flexibility index (Phi) is 4.83. The second kappa shape index (κ2) is 7.57. The highest BCUT2D eigenvalue weighted by Gasteiger charge is 2.37. The molecule has 4 aromatic rings. The number of aromatic nitrogens is 4. The summed E-state index contributed by atoms with van der Waals surface area (Å²) in [5, 5.41) is 3.31. The van der Waals surface area contributed by atoms with Crippen molar-refractivity contribution in [2.24, 2.45) is 0 Å². The van der Waals surface area contributed by atoms with Gasteiger partial charge in [0.2, 0.25) is 0 Å². The highest BCUT2D eigenvalue weighted by atomic mass is 35.5. The minimum absolute atomic E-state index is 0.0279. The topological polar surface area (TPSA) is 104 Å². The van der Waals surface area contributed by atoms with E-state index in [0.717, 1.165) is 10.4 Å². The average molecular weight is 471 g/mol. The van der Waals surface area contributed by atoms with Crippen LogP contribution in [0.5, 0.6) is 0 Å². The Morgan fingerprint density at radius 1 is 1.16 bits per heavy atom. The lowest BCUT2D eigenvalue weighted by molar-refractivity contribution is 0.591. The monoisotopic (exact) mass is 470 g/mol. The number of anilines is 2. The highest BCUT2D eigenvalue weighted by molar-refractivity contribution is 7.93. The normalized spacial score (nSPS) is 15.8. The van der Waals surface area contributed by atoms with E-state index in [2.05, 4.69) is 25.3 Å². The maximum atomic E-state index is 14.1. The average Bonchev–Trinajstić information content (AvgIpc) is 3.23. The van der Waals surface area contributed by atoms with Crippen LogP contribution in [0.15, 0.2) is 65.7 Å². The number of nitrogens with one attached hydrogen (secondary N) is 2. The van der Waals surface area contributed by atoms with Crippen LogP contribution in [0.2, 0.25) is 5.02 Å². The van der Waals surface area contributed by atoms with Gasteiger partial charge >= 0.3 is 0 Å². The predicted molar refractivity (Wildman–Crippen MR) is 120 cm³/mol. The molecule has 1 aliphatic rings. The van der Waals surface area contributed by atoms with Gasteiger partial charge in [-0.3, -0.25) is 0 Å². The molecule has 162 valence electrons. The summed E-state index contributed by atoms with van der Waals surface area (Å²) in [6.45, 7) is 1.79. The summed E-state index contributed by atoms with van der Waals surface area (Å²) in [6, 6.07) is 9.71. The molecule has 2 aromatic carbocycles. The summed E-state index contributed by atoms with van der Waals surface area (Å²) in [4.78, 5) is 15.4. The summed E-state index contributed by atoms with van der Waals surface area (Å²) in [6.07, 6.45) is 4.58. The van der Waals surface area contributed by atoms with E-state index in [1.807, 2.05) is 0 Å². The standard InChI is InChI=1S/C21H16ClFN6O2S/c1-12(28-21-18-20(25-10-24-18)26-11-27-21)17-8-13-4-2-7-16(22)19(13)32(30,31)29(17)15-6-3-5-14(23)9-15/h2-12H,1H3,(H2,24,25,26,27,28)/t12-/m0/s1. The third kappa shape index (κ3) is 3.28. The molecule has 1 atom stereocenters. The fraction of sp³-hybridized carbons (Fsp3) is 0.0952. The molecule has 0 saturated carbocycles. The molecule has 2 aromatic heterocycles. The lowest BCUT2D eigenvalue weighted by Crippen LogP contribution is -2.40. The van der Waals surface area contributed by atoms with E-state index in [4.69, 9.17) is 11.6 Å². The largest absolute Gasteiger partial charge is 0.360 e. The van der Waals surface area contributed by atoms with Crippen LogP contribution < -0.4 is 9.62 Å². The van der Waals surface area contributed by atoms with Gasteiger partial charge in [0.05, 0.1) is 28.8 Å². The van der Waals surface area contributed by atoms with Gasteiger partial charge in [0, 0.05) is 0 Å². The molecule has 0 aliphatic carbocycles. The van der Waals surface area contributed by atoms with Gasteiger partial charge in [0.1, 0.15) is 22.6 Å². The maximum Gasteiger partial charge on any atom is 0.270 e. The zero-order valence-corrected chi connectivity index (χ0v) is 18.2. The van der Waals surface area contributed by atoms with Gasteiger partial charge in [-0.2, -0.15) is 0 Å². The Hall–Kier alpha value is -3.50. The lowest BCUT2D eigenvalue weighted by atomic mass is 10.1. The number of H-pyrrole nitrogens is 1. The van der Waals surface area contributed by atoms with Crippen molar-refractivity contribution in [1.29, 1.82) is 0 Å². The van der Waals surface area contributed by atoms with Crippen LogP contribution in [0.3, 0.4) is 0 Å². The van der Waals surface area contributed by atoms with Crippen LogP contribution in [0, 0.1) is 5.82 Å². The van der Waals surface area contributed by atoms with Crippen molar-refractivity contribution < 1.29 is 12.8 Å². The van der Waals surface area contributed by atoms with Crippen molar-refractivity contribution in [3.05, 3.63) is 77.2 Å². The van der Waals surface area contributed by atoms with Gasteiger partial charge in [-0.1, -0.05) is 29.8 Å². The second-order valence-electron chi connectivity index (χ2n) is 7.17. The molecule has 0 bridgehead atoms. The molecule has 0 fully saturated rings. The summed E-state index contributed by atoms with van der Waals surface area (Å²) in [5.74, 6) is -0.105. The van der Waals surface area contributed by atoms with E-state index in [0.29, 0.717) is 28.2 Å². The number of aromatic amines is 1. The van der Waals surface area contributed by atoms with Crippen LogP contribution in [0.4, 0.5) is 15.9 Å². The zero-order chi connectivity index (χ0) is 22.5. The van der Waals surface area contributed by atoms with Gasteiger partial charge in [-0.15, -0.1) is 0 Å². The minimum Gasteiger partial charge on any atom is -0.360 e. The first-order valence-corrected chi connectivity index (χ1v) is 11.4. The highest BCUT2D eigenvalue weighted by Crippen LogP contribution is 2.40. The fourth-order valence-electron chi connectivity index (χ4n) is 3.70. The number of fused-ring (bicyclic) bond motifs is 2. The molecular weight excluding hydrogens is 455 g/mol. The third-order valence-corrected chi connectivity index (χ3v) is 7.40. The van der Waals surface area contributed by atoms with E-state index in [9.17, 15) is 12.8 Å². The lowest BCUT2D eigenvalue weighted by Gasteiger charge is -2.34. The number of hydrogen-bond donors (Lipinski definition) is 2. The van der Waals surface area contributed by atoms with Gasteiger partial charge in [-0.25, -0.2) is 32.1 Å². The Bertz CT molecular complexity index is 1490. The quantitative estimate of drug-likeness (QED) is 0.463. The van der Waals surface area contributed by atoms with Gasteiger partial charge in [-0.05, 0) is 42.8 Å². The van der Waals surface area contributed by atoms with Gasteiger partial charge < -0.3 is 10.3 Å². The smallest absolute Gasteiger partial charge is 0.270 e. The first-order chi connectivity index (χ1) is 15.4. The van der Waals surface area contributed by atoms with E-state index >= 15 is 0 Å². The number of sulfonamides is 1. The molecule has 2 N–H and O–H groups in total. The summed E-state index contributed by atoms with van der Waals surface area (Å²) >= 11 is 6.27. The molecule has 5 rings (SSSR count). The van der Waals surface area contributed by atoms with Crippen molar-refractivity contribution in [2.45, 2.75) is 17.9 Å². The van der Waals surface area contributed by atoms with Crippen LogP contribution in [0.1, 0.15) is 12.5 Å². The van der Waals surface area contributed by atoms with Crippen LogP contribution in [-0.2, 0) is 10.0 Å². The molecule has 0 unspecified atom stereocenters. The van der Waals surface area contributed by atoms with E-state index in [1.165, 1.54) is 36.9 Å². The van der Waals surface area contributed by atoms with Crippen molar-refractivity contribution in [1.82, 2.24) is 19.9 Å². The molecule has 3 heterocycles. The molecule has 0 amide bonds. The molecule has 1 aliphatic heterocycles. The Morgan fingerprint density at radius 3 is 2.78 bits per heavy atom. The number of benzene rings is 2. The first-order valence-electron chi connectivity index (χ1n) is 9.58. The number of rotatable bonds is 4. The van der Waals surface area contributed by atoms with E-state index in [1.54, 1.807) is 25.1 Å². The minimum atomic E-state index is -4.13. The number of halogens is 2. The van der Waals surface area contributed by atoms with E-state index in [-0.39, 0.29) is 15.6 Å². The third-order valence-electron chi connectivity index (χ3n) is 5.10. The summed E-state index contributed by atoms with van der Waals surface area (Å²) < 4.78 is 42.5.